The lowest BCUT2D eigenvalue weighted by molar-refractivity contribution is -0.144. The molecular formula is C20H17ClO6. The lowest BCUT2D eigenvalue weighted by Gasteiger charge is -2.19. The Morgan fingerprint density at radius 3 is 2.59 bits per heavy atom. The van der Waals surface area contributed by atoms with E-state index in [1.54, 1.807) is 42.5 Å². The average Bonchev–Trinajstić information content (AvgIpc) is 2.66. The Bertz CT molecular complexity index is 888. The van der Waals surface area contributed by atoms with Gasteiger partial charge in [-0.3, -0.25) is 4.79 Å². The summed E-state index contributed by atoms with van der Waals surface area (Å²) in [6.45, 7) is 2.33. The van der Waals surface area contributed by atoms with Crippen LogP contribution in [0.4, 0.5) is 0 Å². The van der Waals surface area contributed by atoms with E-state index < -0.39 is 12.1 Å². The molecule has 0 spiro atoms. The SMILES string of the molecule is C[C@H](Oc1ccc(C(=O)/C=C\c2cc(Cl)c3c(c2)OCCO3)cc1)C(=O)O. The van der Waals surface area contributed by atoms with Crippen LogP contribution in [-0.2, 0) is 4.79 Å². The molecule has 0 unspecified atom stereocenters. The van der Waals surface area contributed by atoms with Gasteiger partial charge in [-0.05, 0) is 55.0 Å². The lowest BCUT2D eigenvalue weighted by atomic mass is 10.1. The van der Waals surface area contributed by atoms with E-state index in [2.05, 4.69) is 0 Å². The van der Waals surface area contributed by atoms with Gasteiger partial charge >= 0.3 is 5.97 Å². The van der Waals surface area contributed by atoms with E-state index in [0.717, 1.165) is 0 Å². The van der Waals surface area contributed by atoms with Gasteiger partial charge < -0.3 is 19.3 Å². The molecule has 1 atom stereocenters. The standard InChI is InChI=1S/C20H17ClO6/c1-12(20(23)24)27-15-5-3-14(4-6-15)17(22)7-2-13-10-16(21)19-18(11-13)25-8-9-26-19/h2-7,10-12H,8-9H2,1H3,(H,23,24)/b7-2-/t12-/m0/s1. The van der Waals surface area contributed by atoms with Crippen molar-refractivity contribution < 1.29 is 28.9 Å². The van der Waals surface area contributed by atoms with Crippen molar-refractivity contribution in [3.63, 3.8) is 0 Å². The van der Waals surface area contributed by atoms with E-state index in [1.807, 2.05) is 0 Å². The fourth-order valence-corrected chi connectivity index (χ4v) is 2.72. The number of carbonyl (C=O) groups is 2. The first-order valence-electron chi connectivity index (χ1n) is 8.25. The van der Waals surface area contributed by atoms with Crippen molar-refractivity contribution in [3.05, 3.63) is 58.6 Å². The number of ether oxygens (including phenoxy) is 3. The molecule has 1 aliphatic rings. The summed E-state index contributed by atoms with van der Waals surface area (Å²) in [6, 6.07) is 9.72. The minimum absolute atomic E-state index is 0.209. The zero-order valence-corrected chi connectivity index (χ0v) is 15.2. The highest BCUT2D eigenvalue weighted by Crippen LogP contribution is 2.38. The number of halogens is 1. The van der Waals surface area contributed by atoms with Crippen molar-refractivity contribution in [2.24, 2.45) is 0 Å². The molecule has 0 aliphatic carbocycles. The van der Waals surface area contributed by atoms with Gasteiger partial charge in [-0.2, -0.15) is 0 Å². The van der Waals surface area contributed by atoms with Crippen molar-refractivity contribution in [1.29, 1.82) is 0 Å². The largest absolute Gasteiger partial charge is 0.486 e. The van der Waals surface area contributed by atoms with Crippen LogP contribution in [0.5, 0.6) is 17.2 Å². The number of fused-ring (bicyclic) bond motifs is 1. The first-order chi connectivity index (χ1) is 12.9. The minimum Gasteiger partial charge on any atom is -0.486 e. The summed E-state index contributed by atoms with van der Waals surface area (Å²) in [7, 11) is 0. The number of hydrogen-bond acceptors (Lipinski definition) is 5. The normalized spacial score (nSPS) is 14.0. The number of hydrogen-bond donors (Lipinski definition) is 1. The summed E-state index contributed by atoms with van der Waals surface area (Å²) >= 11 is 6.18. The van der Waals surface area contributed by atoms with Crippen LogP contribution >= 0.6 is 11.6 Å². The number of benzene rings is 2. The molecule has 6 nitrogen and oxygen atoms in total. The number of aliphatic carboxylic acids is 1. The summed E-state index contributed by atoms with van der Waals surface area (Å²) < 4.78 is 16.2. The van der Waals surface area contributed by atoms with Crippen molar-refractivity contribution in [1.82, 2.24) is 0 Å². The lowest BCUT2D eigenvalue weighted by Crippen LogP contribution is -2.22. The van der Waals surface area contributed by atoms with Gasteiger partial charge in [0.05, 0.1) is 5.02 Å². The molecule has 3 rings (SSSR count). The molecule has 0 fully saturated rings. The van der Waals surface area contributed by atoms with Crippen LogP contribution in [0.15, 0.2) is 42.5 Å². The summed E-state index contributed by atoms with van der Waals surface area (Å²) in [5, 5.41) is 9.27. The number of rotatable bonds is 6. The Morgan fingerprint density at radius 1 is 1.19 bits per heavy atom. The van der Waals surface area contributed by atoms with Crippen LogP contribution in [0, 0.1) is 0 Å². The van der Waals surface area contributed by atoms with E-state index >= 15 is 0 Å². The molecule has 2 aromatic rings. The van der Waals surface area contributed by atoms with Crippen molar-refractivity contribution in [3.8, 4) is 17.2 Å². The Morgan fingerprint density at radius 2 is 1.89 bits per heavy atom. The molecule has 1 heterocycles. The van der Waals surface area contributed by atoms with Crippen LogP contribution < -0.4 is 14.2 Å². The van der Waals surface area contributed by atoms with Gasteiger partial charge in [0.2, 0.25) is 0 Å². The summed E-state index contributed by atoms with van der Waals surface area (Å²) in [5.74, 6) is 0.173. The van der Waals surface area contributed by atoms with Crippen molar-refractivity contribution >= 4 is 29.4 Å². The highest BCUT2D eigenvalue weighted by Gasteiger charge is 2.16. The first-order valence-corrected chi connectivity index (χ1v) is 8.63. The molecule has 0 saturated heterocycles. The molecule has 2 aromatic carbocycles. The van der Waals surface area contributed by atoms with Gasteiger partial charge in [-0.25, -0.2) is 4.79 Å². The summed E-state index contributed by atoms with van der Waals surface area (Å²) in [5.41, 5.74) is 1.16. The molecular weight excluding hydrogens is 372 g/mol. The Kier molecular flexibility index (Phi) is 5.66. The molecule has 7 heteroatoms. The highest BCUT2D eigenvalue weighted by atomic mass is 35.5. The van der Waals surface area contributed by atoms with E-state index in [9.17, 15) is 9.59 Å². The fourth-order valence-electron chi connectivity index (χ4n) is 2.45. The van der Waals surface area contributed by atoms with E-state index in [-0.39, 0.29) is 5.78 Å². The molecule has 1 N–H and O–H groups in total. The minimum atomic E-state index is -1.06. The van der Waals surface area contributed by atoms with Crippen LogP contribution in [0.3, 0.4) is 0 Å². The first kappa shape index (κ1) is 18.8. The maximum absolute atomic E-state index is 12.3. The molecule has 0 radical (unpaired) electrons. The molecule has 0 bridgehead atoms. The van der Waals surface area contributed by atoms with Gasteiger partial charge in [-0.15, -0.1) is 0 Å². The molecule has 140 valence electrons. The van der Waals surface area contributed by atoms with Gasteiger partial charge in [0.25, 0.3) is 0 Å². The molecule has 0 aromatic heterocycles. The second-order valence-corrected chi connectivity index (χ2v) is 6.25. The summed E-state index contributed by atoms with van der Waals surface area (Å²) in [6.07, 6.45) is 2.10. The maximum atomic E-state index is 12.3. The monoisotopic (exact) mass is 388 g/mol. The molecule has 0 saturated carbocycles. The van der Waals surface area contributed by atoms with Crippen molar-refractivity contribution in [2.45, 2.75) is 13.0 Å². The number of carboxylic acid groups (broad SMARTS) is 1. The van der Waals surface area contributed by atoms with Gasteiger partial charge in [0.1, 0.15) is 19.0 Å². The van der Waals surface area contributed by atoms with E-state index in [4.69, 9.17) is 30.9 Å². The molecule has 0 amide bonds. The third-order valence-corrected chi connectivity index (χ3v) is 4.13. The molecule has 27 heavy (non-hydrogen) atoms. The number of ketones is 1. The fraction of sp³-hybridized carbons (Fsp3) is 0.200. The van der Waals surface area contributed by atoms with E-state index in [0.29, 0.717) is 46.6 Å². The van der Waals surface area contributed by atoms with Crippen molar-refractivity contribution in [2.75, 3.05) is 13.2 Å². The highest BCUT2D eigenvalue weighted by molar-refractivity contribution is 6.32. The Hall–Kier alpha value is -2.99. The quantitative estimate of drug-likeness (QED) is 0.597. The second-order valence-electron chi connectivity index (χ2n) is 5.85. The number of carbonyl (C=O) groups excluding carboxylic acids is 1. The summed E-state index contributed by atoms with van der Waals surface area (Å²) in [4.78, 5) is 23.1. The topological polar surface area (TPSA) is 82.1 Å². The maximum Gasteiger partial charge on any atom is 0.344 e. The van der Waals surface area contributed by atoms with Crippen LogP contribution in [0.2, 0.25) is 5.02 Å². The Balaban J connectivity index is 1.70. The second kappa shape index (κ2) is 8.14. The third kappa shape index (κ3) is 4.60. The van der Waals surface area contributed by atoms with Gasteiger partial charge in [-0.1, -0.05) is 17.7 Å². The van der Waals surface area contributed by atoms with Gasteiger partial charge in [0.15, 0.2) is 23.4 Å². The third-order valence-electron chi connectivity index (χ3n) is 3.85. The van der Waals surface area contributed by atoms with Crippen LogP contribution in [0.1, 0.15) is 22.8 Å². The number of allylic oxidation sites excluding steroid dienone is 1. The average molecular weight is 389 g/mol. The zero-order valence-electron chi connectivity index (χ0n) is 14.5. The molecule has 1 aliphatic heterocycles. The smallest absolute Gasteiger partial charge is 0.344 e. The van der Waals surface area contributed by atoms with E-state index in [1.165, 1.54) is 13.0 Å². The predicted molar refractivity (Wildman–Crippen MR) is 100.0 cm³/mol. The Labute approximate surface area is 160 Å². The predicted octanol–water partition coefficient (Wildman–Crippen LogP) is 3.86. The number of carboxylic acids is 1. The van der Waals surface area contributed by atoms with Crippen LogP contribution in [0.25, 0.3) is 6.08 Å². The van der Waals surface area contributed by atoms with Crippen LogP contribution in [-0.4, -0.2) is 36.2 Å². The van der Waals surface area contributed by atoms with Gasteiger partial charge in [0, 0.05) is 5.56 Å². The zero-order chi connectivity index (χ0) is 19.4.